The van der Waals surface area contributed by atoms with Gasteiger partial charge in [0.25, 0.3) is 0 Å². The minimum absolute atomic E-state index is 0. The van der Waals surface area contributed by atoms with Crippen LogP contribution in [0.4, 0.5) is 0 Å². The summed E-state index contributed by atoms with van der Waals surface area (Å²) in [5.41, 5.74) is 2.88. The second-order valence-electron chi connectivity index (χ2n) is 7.10. The molecule has 2 rings (SSSR count). The Morgan fingerprint density at radius 3 is 1.09 bits per heavy atom. The monoisotopic (exact) mass is 649 g/mol. The Hall–Kier alpha value is -0.892. The Morgan fingerprint density at radius 1 is 0.562 bits per heavy atom. The molecular weight excluding hydrogens is 605 g/mol. The fraction of sp³-hybridized carbons (Fsp3) is 0.448. The molecule has 0 aliphatic heterocycles. The topological polar surface area (TPSA) is 0 Å². The van der Waals surface area contributed by atoms with Gasteiger partial charge in [0.15, 0.2) is 0 Å². The predicted octanol–water partition coefficient (Wildman–Crippen LogP) is 8.08. The molecular formula is C29H44P2Pt+2. The molecule has 0 atom stereocenters. The first-order chi connectivity index (χ1) is 14.9. The van der Waals surface area contributed by atoms with Crippen LogP contribution in [0.1, 0.15) is 58.2 Å². The molecule has 0 bridgehead atoms. The average Bonchev–Trinajstić information content (AvgIpc) is 2.83. The number of aryl methyl sites for hydroxylation is 1. The van der Waals surface area contributed by atoms with E-state index in [2.05, 4.69) is 53.4 Å². The summed E-state index contributed by atoms with van der Waals surface area (Å²) >= 11 is 0. The molecule has 0 saturated heterocycles. The second kappa shape index (κ2) is 26.4. The van der Waals surface area contributed by atoms with Crippen molar-refractivity contribution in [3.63, 3.8) is 0 Å². The van der Waals surface area contributed by atoms with Crippen LogP contribution in [0.25, 0.3) is 0 Å². The number of rotatable bonds is 6. The van der Waals surface area contributed by atoms with Gasteiger partial charge in [0, 0.05) is 0 Å². The van der Waals surface area contributed by atoms with E-state index in [4.69, 9.17) is 12.8 Å². The third-order valence-electron chi connectivity index (χ3n) is 5.11. The maximum Gasteiger partial charge on any atom is 2.00 e. The minimum atomic E-state index is 0. The van der Waals surface area contributed by atoms with E-state index in [1.807, 2.05) is 61.5 Å². The Morgan fingerprint density at radius 2 is 0.875 bits per heavy atom. The van der Waals surface area contributed by atoms with Crippen LogP contribution in [0, 0.1) is 31.6 Å². The number of hydrogen-bond donors (Lipinski definition) is 0. The van der Waals surface area contributed by atoms with E-state index in [0.29, 0.717) is 0 Å². The van der Waals surface area contributed by atoms with Crippen LogP contribution in [0.2, 0.25) is 0 Å². The fourth-order valence-electron chi connectivity index (χ4n) is 2.66. The van der Waals surface area contributed by atoms with Gasteiger partial charge in [-0.05, 0) is 64.3 Å². The van der Waals surface area contributed by atoms with Crippen molar-refractivity contribution in [3.05, 3.63) is 84.1 Å². The summed E-state index contributed by atoms with van der Waals surface area (Å²) in [7, 11) is 0.275. The zero-order chi connectivity index (χ0) is 23.9. The Labute approximate surface area is 217 Å². The average molecular weight is 650 g/mol. The van der Waals surface area contributed by atoms with Crippen LogP contribution in [-0.4, -0.2) is 37.0 Å². The SMILES string of the molecule is CC[PH+](CC)CC.CC[PH+](CC)CC.[C-]#Cc1ccc(C)cc1.[C-]#Cc1ccccc1.[Pt+2]. The molecule has 0 amide bonds. The van der Waals surface area contributed by atoms with E-state index >= 15 is 0 Å². The Bertz CT molecular complexity index is 681. The van der Waals surface area contributed by atoms with Gasteiger partial charge in [0.2, 0.25) is 0 Å². The maximum absolute atomic E-state index is 6.76. The van der Waals surface area contributed by atoms with Crippen molar-refractivity contribution in [2.24, 2.45) is 0 Å². The normalized spacial score (nSPS) is 8.84. The van der Waals surface area contributed by atoms with Crippen molar-refractivity contribution in [2.45, 2.75) is 48.5 Å². The van der Waals surface area contributed by atoms with E-state index in [0.717, 1.165) is 11.1 Å². The molecule has 0 spiro atoms. The first kappa shape index (κ1) is 35.7. The third-order valence-corrected chi connectivity index (χ3v) is 11.1. The van der Waals surface area contributed by atoms with Gasteiger partial charge >= 0.3 is 21.1 Å². The summed E-state index contributed by atoms with van der Waals surface area (Å²) < 4.78 is 0. The van der Waals surface area contributed by atoms with Gasteiger partial charge in [-0.2, -0.15) is 0 Å². The first-order valence-electron chi connectivity index (χ1n) is 11.6. The quantitative estimate of drug-likeness (QED) is 0.169. The van der Waals surface area contributed by atoms with Crippen LogP contribution < -0.4 is 0 Å². The van der Waals surface area contributed by atoms with Gasteiger partial charge < -0.3 is 12.8 Å². The Kier molecular flexibility index (Phi) is 29.4. The summed E-state index contributed by atoms with van der Waals surface area (Å²) in [6.07, 6.45) is 22.2. The summed E-state index contributed by atoms with van der Waals surface area (Å²) in [6, 6.07) is 17.1. The van der Waals surface area contributed by atoms with E-state index in [1.54, 1.807) is 0 Å². The molecule has 2 aromatic carbocycles. The van der Waals surface area contributed by atoms with Crippen molar-refractivity contribution >= 4 is 15.8 Å². The summed E-state index contributed by atoms with van der Waals surface area (Å²) in [5.74, 6) is 4.58. The third kappa shape index (κ3) is 21.0. The van der Waals surface area contributed by atoms with Crippen LogP contribution >= 0.6 is 15.8 Å². The zero-order valence-corrected chi connectivity index (χ0v) is 25.5. The van der Waals surface area contributed by atoms with Crippen molar-refractivity contribution in [1.29, 1.82) is 0 Å². The van der Waals surface area contributed by atoms with Gasteiger partial charge in [-0.3, -0.25) is 11.8 Å². The van der Waals surface area contributed by atoms with E-state index < -0.39 is 0 Å². The van der Waals surface area contributed by atoms with Crippen molar-refractivity contribution in [2.75, 3.05) is 37.0 Å². The predicted molar refractivity (Wildman–Crippen MR) is 150 cm³/mol. The molecule has 178 valence electrons. The largest absolute Gasteiger partial charge is 2.00 e. The van der Waals surface area contributed by atoms with Gasteiger partial charge in [-0.1, -0.05) is 35.9 Å². The van der Waals surface area contributed by atoms with Gasteiger partial charge in [0.05, 0.1) is 37.0 Å². The standard InChI is InChI=1S/C9H7.C8H5.2C6H15P.Pt/c1-3-9-6-4-8(2)5-7-9;1-2-8-6-4-3-5-7-8;2*1-4-7(5-2)6-3;/h4-7H,2H3;3-7H;2*4-6H2,1-3H3;/q2*-1;;;+2/p+2. The van der Waals surface area contributed by atoms with Crippen LogP contribution in [0.5, 0.6) is 0 Å². The fourth-order valence-corrected chi connectivity index (χ4v) is 5.66. The molecule has 0 aliphatic rings. The molecule has 0 radical (unpaired) electrons. The zero-order valence-electron chi connectivity index (χ0n) is 21.3. The minimum Gasteiger partial charge on any atom is -0.366 e. The smallest absolute Gasteiger partial charge is 0.366 e. The Balaban J connectivity index is -0.000000349. The van der Waals surface area contributed by atoms with Gasteiger partial charge in [-0.15, -0.1) is 35.4 Å². The maximum atomic E-state index is 6.76. The second-order valence-corrected chi connectivity index (χ2v) is 14.3. The molecule has 0 N–H and O–H groups in total. The van der Waals surface area contributed by atoms with Crippen molar-refractivity contribution in [3.8, 4) is 11.8 Å². The van der Waals surface area contributed by atoms with E-state index in [-0.39, 0.29) is 36.9 Å². The molecule has 3 heteroatoms. The molecule has 0 aliphatic carbocycles. The van der Waals surface area contributed by atoms with Crippen molar-refractivity contribution < 1.29 is 21.1 Å². The molecule has 0 heterocycles. The molecule has 32 heavy (non-hydrogen) atoms. The summed E-state index contributed by atoms with van der Waals surface area (Å²) in [4.78, 5) is 0. The van der Waals surface area contributed by atoms with Crippen molar-refractivity contribution in [1.82, 2.24) is 0 Å². The van der Waals surface area contributed by atoms with E-state index in [9.17, 15) is 0 Å². The molecule has 0 nitrogen and oxygen atoms in total. The number of hydrogen-bond acceptors (Lipinski definition) is 0. The molecule has 0 saturated carbocycles. The number of benzene rings is 2. The van der Waals surface area contributed by atoms with Gasteiger partial charge in [0.1, 0.15) is 0 Å². The van der Waals surface area contributed by atoms with Gasteiger partial charge in [-0.25, -0.2) is 0 Å². The molecule has 0 unspecified atom stereocenters. The molecule has 0 fully saturated rings. The van der Waals surface area contributed by atoms with Crippen LogP contribution in [-0.2, 0) is 21.1 Å². The molecule has 2 aromatic rings. The summed E-state index contributed by atoms with van der Waals surface area (Å²) in [6.45, 7) is 15.9. The summed E-state index contributed by atoms with van der Waals surface area (Å²) in [5, 5.41) is 0. The van der Waals surface area contributed by atoms with Crippen LogP contribution in [0.15, 0.2) is 54.6 Å². The van der Waals surface area contributed by atoms with Crippen LogP contribution in [0.3, 0.4) is 0 Å². The first-order valence-corrected chi connectivity index (χ1v) is 15.8. The van der Waals surface area contributed by atoms with E-state index in [1.165, 1.54) is 42.5 Å². The molecule has 0 aromatic heterocycles.